The van der Waals surface area contributed by atoms with Crippen molar-refractivity contribution in [1.29, 1.82) is 0 Å². The Hall–Kier alpha value is -0.890. The van der Waals surface area contributed by atoms with Crippen molar-refractivity contribution >= 4 is 38.9 Å². The highest BCUT2D eigenvalue weighted by molar-refractivity contribution is 7.90. The minimum Gasteiger partial charge on any atom is -0.386 e. The van der Waals surface area contributed by atoms with Crippen molar-refractivity contribution in [2.75, 3.05) is 12.9 Å². The first-order valence-corrected chi connectivity index (χ1v) is 8.55. The summed E-state index contributed by atoms with van der Waals surface area (Å²) >= 11 is 10.7. The summed E-state index contributed by atoms with van der Waals surface area (Å²) in [6, 6.07) is 4.03. The normalized spacial score (nSPS) is 14.8. The lowest BCUT2D eigenvalue weighted by Crippen LogP contribution is -2.43. The number of hydrogen-bond acceptors (Lipinski definition) is 4. The van der Waals surface area contributed by atoms with E-state index in [0.29, 0.717) is 0 Å². The number of halogens is 3. The topological polar surface area (TPSA) is 83.5 Å². The minimum absolute atomic E-state index is 0.0702. The van der Waals surface area contributed by atoms with E-state index in [1.807, 2.05) is 0 Å². The molecule has 1 rings (SSSR count). The van der Waals surface area contributed by atoms with Crippen LogP contribution in [0.3, 0.4) is 0 Å². The van der Waals surface area contributed by atoms with Gasteiger partial charge in [-0.3, -0.25) is 4.79 Å². The van der Waals surface area contributed by atoms with Crippen LogP contribution in [-0.2, 0) is 14.6 Å². The highest BCUT2D eigenvalue weighted by Gasteiger charge is 2.25. The first-order chi connectivity index (χ1) is 9.66. The second-order valence-corrected chi connectivity index (χ2v) is 7.47. The van der Waals surface area contributed by atoms with Crippen molar-refractivity contribution in [3.63, 3.8) is 0 Å². The van der Waals surface area contributed by atoms with Gasteiger partial charge in [0.15, 0.2) is 14.7 Å². The molecule has 0 fully saturated rings. The van der Waals surface area contributed by atoms with Crippen LogP contribution < -0.4 is 5.32 Å². The predicted octanol–water partition coefficient (Wildman–Crippen LogP) is 1.38. The first-order valence-electron chi connectivity index (χ1n) is 5.79. The Morgan fingerprint density at radius 3 is 2.24 bits per heavy atom. The number of benzene rings is 1. The van der Waals surface area contributed by atoms with E-state index < -0.39 is 39.4 Å². The molecule has 2 atom stereocenters. The molecule has 0 aliphatic rings. The Morgan fingerprint density at radius 1 is 1.33 bits per heavy atom. The number of nitrogens with one attached hydrogen (secondary N) is 1. The van der Waals surface area contributed by atoms with E-state index in [0.717, 1.165) is 6.26 Å². The van der Waals surface area contributed by atoms with Gasteiger partial charge in [-0.05, 0) is 17.7 Å². The van der Waals surface area contributed by atoms with Gasteiger partial charge in [0.25, 0.3) is 5.91 Å². The van der Waals surface area contributed by atoms with Crippen molar-refractivity contribution in [3.8, 4) is 0 Å². The van der Waals surface area contributed by atoms with Crippen molar-refractivity contribution in [2.45, 2.75) is 21.9 Å². The van der Waals surface area contributed by atoms with Gasteiger partial charge < -0.3 is 10.4 Å². The molecule has 2 N–H and O–H groups in total. The molecule has 0 saturated carbocycles. The zero-order valence-electron chi connectivity index (χ0n) is 11.0. The van der Waals surface area contributed by atoms with Crippen LogP contribution in [-0.4, -0.2) is 43.2 Å². The monoisotopic (exact) mass is 357 g/mol. The van der Waals surface area contributed by atoms with Gasteiger partial charge in [0.1, 0.15) is 12.8 Å². The number of hydrogen-bond donors (Lipinski definition) is 2. The highest BCUT2D eigenvalue weighted by atomic mass is 35.5. The zero-order chi connectivity index (χ0) is 16.2. The number of carbonyl (C=O) groups excluding carboxylic acids is 1. The fourth-order valence-corrected chi connectivity index (χ4v) is 2.35. The fraction of sp³-hybridized carbons (Fsp3) is 0.417. The largest absolute Gasteiger partial charge is 0.386 e. The third-order valence-electron chi connectivity index (χ3n) is 2.72. The molecule has 0 aliphatic carbocycles. The summed E-state index contributed by atoms with van der Waals surface area (Å²) in [6.07, 6.45) is -0.316. The van der Waals surface area contributed by atoms with Crippen LogP contribution >= 0.6 is 23.2 Å². The Kier molecular flexibility index (Phi) is 6.40. The van der Waals surface area contributed by atoms with E-state index in [4.69, 9.17) is 23.2 Å². The van der Waals surface area contributed by atoms with Gasteiger partial charge in [-0.1, -0.05) is 35.3 Å². The minimum atomic E-state index is -3.36. The average molecular weight is 358 g/mol. The molecule has 21 heavy (non-hydrogen) atoms. The zero-order valence-corrected chi connectivity index (χ0v) is 13.3. The van der Waals surface area contributed by atoms with Gasteiger partial charge in [-0.15, -0.1) is 0 Å². The molecular formula is C12H14Cl2FNO4S. The first kappa shape index (κ1) is 18.2. The number of amides is 1. The van der Waals surface area contributed by atoms with Crippen LogP contribution in [0.2, 0.25) is 0 Å². The van der Waals surface area contributed by atoms with Crippen molar-refractivity contribution in [2.24, 2.45) is 0 Å². The molecule has 0 unspecified atom stereocenters. The maximum Gasteiger partial charge on any atom is 0.253 e. The maximum absolute atomic E-state index is 12.9. The van der Waals surface area contributed by atoms with E-state index in [1.54, 1.807) is 0 Å². The summed E-state index contributed by atoms with van der Waals surface area (Å²) in [4.78, 5) is 10.00. The Morgan fingerprint density at radius 2 is 1.86 bits per heavy atom. The lowest BCUT2D eigenvalue weighted by atomic mass is 10.0. The number of aliphatic hydroxyl groups excluding tert-OH is 1. The summed E-state index contributed by atoms with van der Waals surface area (Å²) in [6.45, 7) is -1.04. The van der Waals surface area contributed by atoms with E-state index >= 15 is 0 Å². The Balaban J connectivity index is 2.90. The number of aliphatic hydroxyl groups is 1. The van der Waals surface area contributed by atoms with Gasteiger partial charge >= 0.3 is 0 Å². The van der Waals surface area contributed by atoms with Gasteiger partial charge in [0.2, 0.25) is 0 Å². The fourth-order valence-electron chi connectivity index (χ4n) is 1.59. The van der Waals surface area contributed by atoms with Crippen molar-refractivity contribution < 1.29 is 22.7 Å². The summed E-state index contributed by atoms with van der Waals surface area (Å²) in [5.74, 6) is -0.826. The van der Waals surface area contributed by atoms with Gasteiger partial charge in [-0.25, -0.2) is 12.8 Å². The molecule has 0 bridgehead atoms. The van der Waals surface area contributed by atoms with Crippen molar-refractivity contribution in [1.82, 2.24) is 5.32 Å². The van der Waals surface area contributed by atoms with E-state index in [9.17, 15) is 22.7 Å². The molecule has 1 aromatic carbocycles. The lowest BCUT2D eigenvalue weighted by Gasteiger charge is -2.22. The molecule has 0 saturated heterocycles. The second-order valence-electron chi connectivity index (χ2n) is 4.36. The Bertz CT molecular complexity index is 592. The molecule has 0 spiro atoms. The Labute approximate surface area is 132 Å². The molecule has 1 aromatic rings. The van der Waals surface area contributed by atoms with Crippen LogP contribution in [0, 0.1) is 0 Å². The van der Waals surface area contributed by atoms with Crippen LogP contribution in [0.1, 0.15) is 11.7 Å². The van der Waals surface area contributed by atoms with E-state index in [1.165, 1.54) is 24.3 Å². The van der Waals surface area contributed by atoms with Crippen LogP contribution in [0.25, 0.3) is 0 Å². The standard InChI is InChI=1S/C12H14Cl2FNO4S/c1-21(19,20)8-4-2-7(3-5-8)10(17)9(6-15)16-12(18)11(13)14/h2-5,9-11,17H,6H2,1H3,(H,16,18)/t9-,10+/m1/s1. The summed E-state index contributed by atoms with van der Waals surface area (Å²) in [5, 5.41) is 12.2. The molecule has 5 nitrogen and oxygen atoms in total. The predicted molar refractivity (Wildman–Crippen MR) is 77.9 cm³/mol. The molecule has 0 aliphatic heterocycles. The maximum atomic E-state index is 12.9. The van der Waals surface area contributed by atoms with Crippen molar-refractivity contribution in [3.05, 3.63) is 29.8 Å². The number of carbonyl (C=O) groups is 1. The SMILES string of the molecule is CS(=O)(=O)c1ccc([C@H](O)[C@@H](CF)NC(=O)C(Cl)Cl)cc1. The van der Waals surface area contributed by atoms with Crippen LogP contribution in [0.4, 0.5) is 4.39 Å². The summed E-state index contributed by atoms with van der Waals surface area (Å²) in [5.41, 5.74) is 0.256. The molecule has 118 valence electrons. The lowest BCUT2D eigenvalue weighted by molar-refractivity contribution is -0.121. The third kappa shape index (κ3) is 5.10. The number of sulfone groups is 1. The van der Waals surface area contributed by atoms with E-state index in [2.05, 4.69) is 5.32 Å². The van der Waals surface area contributed by atoms with Gasteiger partial charge in [0.05, 0.1) is 10.9 Å². The van der Waals surface area contributed by atoms with Crippen LogP contribution in [0.15, 0.2) is 29.2 Å². The summed E-state index contributed by atoms with van der Waals surface area (Å²) in [7, 11) is -3.36. The van der Waals surface area contributed by atoms with Gasteiger partial charge in [0, 0.05) is 6.26 Å². The smallest absolute Gasteiger partial charge is 0.253 e. The average Bonchev–Trinajstić information content (AvgIpc) is 2.42. The molecule has 0 aromatic heterocycles. The number of alkyl halides is 3. The van der Waals surface area contributed by atoms with Crippen LogP contribution in [0.5, 0.6) is 0 Å². The quantitative estimate of drug-likeness (QED) is 0.753. The molecule has 1 amide bonds. The van der Waals surface area contributed by atoms with E-state index in [-0.39, 0.29) is 10.5 Å². The highest BCUT2D eigenvalue weighted by Crippen LogP contribution is 2.20. The molecule has 9 heteroatoms. The number of rotatable bonds is 6. The van der Waals surface area contributed by atoms with Gasteiger partial charge in [-0.2, -0.15) is 0 Å². The third-order valence-corrected chi connectivity index (χ3v) is 4.25. The molecular weight excluding hydrogens is 344 g/mol. The molecule has 0 radical (unpaired) electrons. The molecule has 0 heterocycles. The summed E-state index contributed by atoms with van der Waals surface area (Å²) < 4.78 is 35.6. The second kappa shape index (κ2) is 7.40.